The monoisotopic (exact) mass is 484 g/mol. The fourth-order valence-corrected chi connectivity index (χ4v) is 4.63. The number of carbonyl (C=O) groups is 2. The number of amides is 2. The standard InChI is InChI=1S/C27H36N2O6/c1-7-8-15-28(2)27(31)21-13-14-24(30)29(25(21)18-9-11-20(32-3)12-10-18)19-16-22(33-4)26(35-6)23(17-19)34-5/h9-12,16-17,21,25H,7-8,13-15H2,1-6H3/t21-,25+/m0/s1. The molecule has 0 unspecified atom stereocenters. The van der Waals surface area contributed by atoms with Crippen LogP contribution >= 0.6 is 0 Å². The number of benzene rings is 2. The molecule has 0 spiro atoms. The SMILES string of the molecule is CCCCN(C)C(=O)[C@H]1CCC(=O)N(c2cc(OC)c(OC)c(OC)c2)[C@@H]1c1ccc(OC)cc1. The Balaban J connectivity index is 2.14. The first-order valence-corrected chi connectivity index (χ1v) is 11.9. The minimum absolute atomic E-state index is 0.0317. The van der Waals surface area contributed by atoms with E-state index < -0.39 is 12.0 Å². The maximum atomic E-state index is 13.6. The molecule has 0 N–H and O–H groups in total. The fourth-order valence-electron chi connectivity index (χ4n) is 4.63. The van der Waals surface area contributed by atoms with Gasteiger partial charge in [-0.2, -0.15) is 0 Å². The molecule has 8 nitrogen and oxygen atoms in total. The van der Waals surface area contributed by atoms with E-state index in [9.17, 15) is 9.59 Å². The van der Waals surface area contributed by atoms with Gasteiger partial charge in [0.2, 0.25) is 17.6 Å². The maximum Gasteiger partial charge on any atom is 0.227 e. The number of anilines is 1. The van der Waals surface area contributed by atoms with E-state index in [0.717, 1.165) is 18.4 Å². The summed E-state index contributed by atoms with van der Waals surface area (Å²) in [7, 11) is 8.05. The minimum atomic E-state index is -0.499. The van der Waals surface area contributed by atoms with Crippen LogP contribution in [0.5, 0.6) is 23.0 Å². The molecule has 0 radical (unpaired) electrons. The van der Waals surface area contributed by atoms with Crippen LogP contribution in [0.3, 0.4) is 0 Å². The van der Waals surface area contributed by atoms with Crippen molar-refractivity contribution in [3.63, 3.8) is 0 Å². The molecule has 0 aromatic heterocycles. The van der Waals surface area contributed by atoms with Crippen molar-refractivity contribution in [3.8, 4) is 23.0 Å². The number of hydrogen-bond donors (Lipinski definition) is 0. The maximum absolute atomic E-state index is 13.6. The number of methoxy groups -OCH3 is 4. The summed E-state index contributed by atoms with van der Waals surface area (Å²) in [6, 6.07) is 10.5. The van der Waals surface area contributed by atoms with Gasteiger partial charge in [0.1, 0.15) is 5.75 Å². The number of rotatable bonds is 10. The van der Waals surface area contributed by atoms with Crippen LogP contribution in [-0.4, -0.2) is 58.7 Å². The molecule has 1 aliphatic heterocycles. The third-order valence-electron chi connectivity index (χ3n) is 6.52. The zero-order chi connectivity index (χ0) is 25.5. The second kappa shape index (κ2) is 11.8. The van der Waals surface area contributed by atoms with E-state index in [-0.39, 0.29) is 18.2 Å². The average molecular weight is 485 g/mol. The normalized spacial score (nSPS) is 17.7. The Morgan fingerprint density at radius 3 is 2.14 bits per heavy atom. The van der Waals surface area contributed by atoms with Gasteiger partial charge in [0.15, 0.2) is 11.5 Å². The first kappa shape index (κ1) is 26.2. The predicted octanol–water partition coefficient (Wildman–Crippen LogP) is 4.46. The van der Waals surface area contributed by atoms with E-state index in [1.165, 1.54) is 21.3 Å². The summed E-state index contributed by atoms with van der Waals surface area (Å²) in [5.41, 5.74) is 1.44. The third kappa shape index (κ3) is 5.47. The Morgan fingerprint density at radius 2 is 1.63 bits per heavy atom. The highest BCUT2D eigenvalue weighted by Gasteiger charge is 2.43. The molecular formula is C27H36N2O6. The molecule has 2 aromatic carbocycles. The highest BCUT2D eigenvalue weighted by atomic mass is 16.5. The van der Waals surface area contributed by atoms with Gasteiger partial charge in [-0.1, -0.05) is 25.5 Å². The summed E-state index contributed by atoms with van der Waals surface area (Å²) in [5.74, 6) is 1.59. The van der Waals surface area contributed by atoms with E-state index >= 15 is 0 Å². The van der Waals surface area contributed by atoms with Crippen LogP contribution in [0.15, 0.2) is 36.4 Å². The molecule has 2 amide bonds. The number of piperidine rings is 1. The smallest absolute Gasteiger partial charge is 0.227 e. The summed E-state index contributed by atoms with van der Waals surface area (Å²) in [5, 5.41) is 0. The van der Waals surface area contributed by atoms with Gasteiger partial charge >= 0.3 is 0 Å². The average Bonchev–Trinajstić information content (AvgIpc) is 2.90. The van der Waals surface area contributed by atoms with Crippen molar-refractivity contribution in [2.24, 2.45) is 5.92 Å². The molecule has 1 fully saturated rings. The van der Waals surface area contributed by atoms with E-state index in [4.69, 9.17) is 18.9 Å². The Labute approximate surface area is 207 Å². The summed E-state index contributed by atoms with van der Waals surface area (Å²) < 4.78 is 21.9. The lowest BCUT2D eigenvalue weighted by molar-refractivity contribution is -0.137. The number of nitrogens with zero attached hydrogens (tertiary/aromatic N) is 2. The number of ether oxygens (including phenoxy) is 4. The molecule has 35 heavy (non-hydrogen) atoms. The van der Waals surface area contributed by atoms with Gasteiger partial charge in [-0.05, 0) is 30.5 Å². The topological polar surface area (TPSA) is 77.5 Å². The summed E-state index contributed by atoms with van der Waals surface area (Å²) >= 11 is 0. The van der Waals surface area contributed by atoms with Crippen LogP contribution in [0.2, 0.25) is 0 Å². The number of unbranched alkanes of at least 4 members (excludes halogenated alkanes) is 1. The second-order valence-corrected chi connectivity index (χ2v) is 8.62. The first-order valence-electron chi connectivity index (χ1n) is 11.9. The van der Waals surface area contributed by atoms with E-state index in [1.54, 1.807) is 29.0 Å². The van der Waals surface area contributed by atoms with E-state index in [2.05, 4.69) is 6.92 Å². The largest absolute Gasteiger partial charge is 0.497 e. The van der Waals surface area contributed by atoms with Crippen LogP contribution in [0, 0.1) is 5.92 Å². The Bertz CT molecular complexity index is 998. The van der Waals surface area contributed by atoms with Gasteiger partial charge < -0.3 is 28.7 Å². The summed E-state index contributed by atoms with van der Waals surface area (Å²) in [6.07, 6.45) is 2.67. The molecule has 0 bridgehead atoms. The molecule has 2 atom stereocenters. The van der Waals surface area contributed by atoms with Crippen LogP contribution in [0.1, 0.15) is 44.2 Å². The highest BCUT2D eigenvalue weighted by Crippen LogP contribution is 2.46. The number of carbonyl (C=O) groups excluding carboxylic acids is 2. The molecule has 8 heteroatoms. The van der Waals surface area contributed by atoms with Gasteiger partial charge in [0, 0.05) is 32.1 Å². The molecule has 3 rings (SSSR count). The molecule has 1 saturated heterocycles. The molecule has 0 aliphatic carbocycles. The fraction of sp³-hybridized carbons (Fsp3) is 0.481. The first-order chi connectivity index (χ1) is 16.9. The van der Waals surface area contributed by atoms with Crippen molar-refractivity contribution in [2.75, 3.05) is 46.9 Å². The van der Waals surface area contributed by atoms with Crippen molar-refractivity contribution in [1.82, 2.24) is 4.90 Å². The van der Waals surface area contributed by atoms with Crippen molar-refractivity contribution in [3.05, 3.63) is 42.0 Å². The lowest BCUT2D eigenvalue weighted by Crippen LogP contribution is -2.48. The van der Waals surface area contributed by atoms with Crippen molar-refractivity contribution >= 4 is 17.5 Å². The highest BCUT2D eigenvalue weighted by molar-refractivity contribution is 5.98. The van der Waals surface area contributed by atoms with Crippen molar-refractivity contribution < 1.29 is 28.5 Å². The van der Waals surface area contributed by atoms with Crippen LogP contribution in [0.4, 0.5) is 5.69 Å². The zero-order valence-electron chi connectivity index (χ0n) is 21.5. The predicted molar refractivity (Wildman–Crippen MR) is 135 cm³/mol. The van der Waals surface area contributed by atoms with Gasteiger partial charge in [-0.15, -0.1) is 0 Å². The Morgan fingerprint density at radius 1 is 1.00 bits per heavy atom. The summed E-state index contributed by atoms with van der Waals surface area (Å²) in [4.78, 5) is 30.5. The third-order valence-corrected chi connectivity index (χ3v) is 6.52. The minimum Gasteiger partial charge on any atom is -0.497 e. The second-order valence-electron chi connectivity index (χ2n) is 8.62. The van der Waals surface area contributed by atoms with Crippen LogP contribution in [-0.2, 0) is 9.59 Å². The van der Waals surface area contributed by atoms with Gasteiger partial charge in [0.25, 0.3) is 0 Å². The molecule has 1 aliphatic rings. The van der Waals surface area contributed by atoms with Gasteiger partial charge in [0.05, 0.1) is 46.1 Å². The zero-order valence-corrected chi connectivity index (χ0v) is 21.5. The number of hydrogen-bond acceptors (Lipinski definition) is 6. The molecule has 2 aromatic rings. The van der Waals surface area contributed by atoms with Gasteiger partial charge in [-0.25, -0.2) is 0 Å². The van der Waals surface area contributed by atoms with Crippen LogP contribution < -0.4 is 23.8 Å². The Hall–Kier alpha value is -3.42. The summed E-state index contributed by atoms with van der Waals surface area (Å²) in [6.45, 7) is 2.78. The van der Waals surface area contributed by atoms with E-state index in [1.807, 2.05) is 31.3 Å². The van der Waals surface area contributed by atoms with Crippen LogP contribution in [0.25, 0.3) is 0 Å². The molecular weight excluding hydrogens is 448 g/mol. The van der Waals surface area contributed by atoms with E-state index in [0.29, 0.717) is 41.7 Å². The lowest BCUT2D eigenvalue weighted by atomic mass is 9.82. The quantitative estimate of drug-likeness (QED) is 0.495. The molecule has 1 heterocycles. The Kier molecular flexibility index (Phi) is 8.84. The molecule has 0 saturated carbocycles. The van der Waals surface area contributed by atoms with Crippen molar-refractivity contribution in [1.29, 1.82) is 0 Å². The lowest BCUT2D eigenvalue weighted by Gasteiger charge is -2.42. The van der Waals surface area contributed by atoms with Crippen molar-refractivity contribution in [2.45, 2.75) is 38.6 Å². The molecule has 190 valence electrons. The van der Waals surface area contributed by atoms with Gasteiger partial charge in [-0.3, -0.25) is 9.59 Å².